The van der Waals surface area contributed by atoms with E-state index in [9.17, 15) is 0 Å². The Morgan fingerprint density at radius 3 is 2.77 bits per heavy atom. The van der Waals surface area contributed by atoms with Crippen LogP contribution in [-0.4, -0.2) is 18.8 Å². The minimum atomic E-state index is -0.0353. The lowest BCUT2D eigenvalue weighted by Gasteiger charge is -2.42. The van der Waals surface area contributed by atoms with E-state index in [1.807, 2.05) is 0 Å². The van der Waals surface area contributed by atoms with E-state index in [1.54, 1.807) is 7.11 Å². The number of hydrazine groups is 1. The quantitative estimate of drug-likeness (QED) is 0.518. The molecule has 13 heavy (non-hydrogen) atoms. The van der Waals surface area contributed by atoms with Gasteiger partial charge in [0.25, 0.3) is 0 Å². The van der Waals surface area contributed by atoms with Gasteiger partial charge in [0.15, 0.2) is 0 Å². The summed E-state index contributed by atoms with van der Waals surface area (Å²) in [4.78, 5) is 0. The van der Waals surface area contributed by atoms with Crippen molar-refractivity contribution in [1.82, 2.24) is 5.43 Å². The van der Waals surface area contributed by atoms with Crippen LogP contribution in [0.2, 0.25) is 0 Å². The van der Waals surface area contributed by atoms with Crippen molar-refractivity contribution >= 4 is 0 Å². The molecule has 0 aromatic carbocycles. The minimum absolute atomic E-state index is 0.0353. The Morgan fingerprint density at radius 1 is 1.62 bits per heavy atom. The highest BCUT2D eigenvalue weighted by Gasteiger charge is 2.39. The molecule has 3 nitrogen and oxygen atoms in total. The fraction of sp³-hybridized carbons (Fsp3) is 1.00. The molecule has 3 atom stereocenters. The van der Waals surface area contributed by atoms with Crippen LogP contribution < -0.4 is 11.3 Å². The van der Waals surface area contributed by atoms with Gasteiger partial charge in [0.1, 0.15) is 0 Å². The Morgan fingerprint density at radius 2 is 2.31 bits per heavy atom. The van der Waals surface area contributed by atoms with Gasteiger partial charge in [-0.1, -0.05) is 19.8 Å². The van der Waals surface area contributed by atoms with Gasteiger partial charge in [0.2, 0.25) is 0 Å². The first-order chi connectivity index (χ1) is 6.14. The van der Waals surface area contributed by atoms with Crippen molar-refractivity contribution in [2.45, 2.75) is 51.2 Å². The van der Waals surface area contributed by atoms with Crippen molar-refractivity contribution in [3.8, 4) is 0 Å². The summed E-state index contributed by atoms with van der Waals surface area (Å²) in [6, 6.07) is 0.236. The van der Waals surface area contributed by atoms with Crippen LogP contribution in [0.4, 0.5) is 0 Å². The second kappa shape index (κ2) is 4.40. The molecule has 0 aromatic heterocycles. The smallest absolute Gasteiger partial charge is 0.0844 e. The Balaban J connectivity index is 2.67. The van der Waals surface area contributed by atoms with Crippen LogP contribution in [0, 0.1) is 5.92 Å². The molecule has 1 aliphatic carbocycles. The van der Waals surface area contributed by atoms with Gasteiger partial charge in [-0.25, -0.2) is 0 Å². The van der Waals surface area contributed by atoms with Crippen LogP contribution in [0.5, 0.6) is 0 Å². The SMILES string of the molecule is COC1(C(C)NN)CCCC(C)C1. The summed E-state index contributed by atoms with van der Waals surface area (Å²) in [6.07, 6.45) is 4.82. The number of ether oxygens (including phenoxy) is 1. The number of nitrogens with two attached hydrogens (primary N) is 1. The predicted octanol–water partition coefficient (Wildman–Crippen LogP) is 1.43. The molecule has 78 valence electrons. The topological polar surface area (TPSA) is 47.3 Å². The molecule has 0 aliphatic heterocycles. The molecule has 0 spiro atoms. The number of rotatable bonds is 3. The number of hydrogen-bond acceptors (Lipinski definition) is 3. The van der Waals surface area contributed by atoms with Crippen molar-refractivity contribution in [3.63, 3.8) is 0 Å². The molecule has 1 fully saturated rings. The zero-order valence-corrected chi connectivity index (χ0v) is 8.97. The molecule has 1 saturated carbocycles. The van der Waals surface area contributed by atoms with Gasteiger partial charge in [-0.15, -0.1) is 0 Å². The molecule has 1 rings (SSSR count). The predicted molar refractivity (Wildman–Crippen MR) is 54.2 cm³/mol. The standard InChI is InChI=1S/C10H22N2O/c1-8-5-4-6-10(7-8,13-3)9(2)12-11/h8-9,12H,4-7,11H2,1-3H3. The van der Waals surface area contributed by atoms with E-state index in [2.05, 4.69) is 19.3 Å². The van der Waals surface area contributed by atoms with Gasteiger partial charge in [0.05, 0.1) is 5.60 Å². The lowest BCUT2D eigenvalue weighted by atomic mass is 9.75. The van der Waals surface area contributed by atoms with Gasteiger partial charge in [0, 0.05) is 13.2 Å². The lowest BCUT2D eigenvalue weighted by Crippen LogP contribution is -2.54. The maximum absolute atomic E-state index is 5.66. The third-order valence-electron chi connectivity index (χ3n) is 3.44. The first kappa shape index (κ1) is 11.0. The van der Waals surface area contributed by atoms with Crippen LogP contribution in [0.25, 0.3) is 0 Å². The number of methoxy groups -OCH3 is 1. The highest BCUT2D eigenvalue weighted by molar-refractivity contribution is 4.93. The van der Waals surface area contributed by atoms with Gasteiger partial charge < -0.3 is 4.74 Å². The third kappa shape index (κ3) is 2.22. The van der Waals surface area contributed by atoms with Gasteiger partial charge in [-0.3, -0.25) is 11.3 Å². The van der Waals surface area contributed by atoms with E-state index in [4.69, 9.17) is 10.6 Å². The molecular formula is C10H22N2O. The first-order valence-corrected chi connectivity index (χ1v) is 5.16. The van der Waals surface area contributed by atoms with Crippen LogP contribution in [0.15, 0.2) is 0 Å². The molecule has 1 aliphatic rings. The molecule has 0 amide bonds. The van der Waals surface area contributed by atoms with Crippen molar-refractivity contribution in [3.05, 3.63) is 0 Å². The van der Waals surface area contributed by atoms with Gasteiger partial charge in [-0.2, -0.15) is 0 Å². The van der Waals surface area contributed by atoms with Crippen molar-refractivity contribution < 1.29 is 4.74 Å². The molecule has 3 unspecified atom stereocenters. The maximum Gasteiger partial charge on any atom is 0.0844 e. The summed E-state index contributed by atoms with van der Waals surface area (Å²) in [7, 11) is 1.80. The van der Waals surface area contributed by atoms with Crippen LogP contribution in [0.1, 0.15) is 39.5 Å². The van der Waals surface area contributed by atoms with Crippen LogP contribution >= 0.6 is 0 Å². The normalized spacial score (nSPS) is 37.4. The maximum atomic E-state index is 5.66. The average molecular weight is 186 g/mol. The fourth-order valence-corrected chi connectivity index (χ4v) is 2.45. The van der Waals surface area contributed by atoms with Gasteiger partial charge in [-0.05, 0) is 25.7 Å². The Hall–Kier alpha value is -0.120. The zero-order valence-electron chi connectivity index (χ0n) is 8.97. The zero-order chi connectivity index (χ0) is 9.90. The third-order valence-corrected chi connectivity index (χ3v) is 3.44. The molecule has 3 N–H and O–H groups in total. The molecule has 0 heterocycles. The summed E-state index contributed by atoms with van der Waals surface area (Å²) >= 11 is 0. The van der Waals surface area contributed by atoms with E-state index in [0.717, 1.165) is 18.8 Å². The molecule has 0 bridgehead atoms. The largest absolute Gasteiger partial charge is 0.377 e. The summed E-state index contributed by atoms with van der Waals surface area (Å²) in [5.74, 6) is 6.23. The van der Waals surface area contributed by atoms with Crippen LogP contribution in [-0.2, 0) is 4.74 Å². The monoisotopic (exact) mass is 186 g/mol. The Bertz CT molecular complexity index is 163. The average Bonchev–Trinajstić information content (AvgIpc) is 2.16. The summed E-state index contributed by atoms with van der Waals surface area (Å²) < 4.78 is 5.66. The van der Waals surface area contributed by atoms with E-state index >= 15 is 0 Å². The molecule has 0 aromatic rings. The summed E-state index contributed by atoms with van der Waals surface area (Å²) in [5.41, 5.74) is 2.79. The second-order valence-electron chi connectivity index (χ2n) is 4.36. The van der Waals surface area contributed by atoms with E-state index in [1.165, 1.54) is 12.8 Å². The first-order valence-electron chi connectivity index (χ1n) is 5.16. The minimum Gasteiger partial charge on any atom is -0.377 e. The molecule has 3 heteroatoms. The van der Waals surface area contributed by atoms with Crippen molar-refractivity contribution in [2.24, 2.45) is 11.8 Å². The second-order valence-corrected chi connectivity index (χ2v) is 4.36. The summed E-state index contributed by atoms with van der Waals surface area (Å²) in [5, 5.41) is 0. The van der Waals surface area contributed by atoms with E-state index < -0.39 is 0 Å². The summed E-state index contributed by atoms with van der Waals surface area (Å²) in [6.45, 7) is 4.39. The van der Waals surface area contributed by atoms with E-state index in [0.29, 0.717) is 0 Å². The van der Waals surface area contributed by atoms with Crippen molar-refractivity contribution in [1.29, 1.82) is 0 Å². The van der Waals surface area contributed by atoms with Crippen LogP contribution in [0.3, 0.4) is 0 Å². The fourth-order valence-electron chi connectivity index (χ4n) is 2.45. The Kier molecular flexibility index (Phi) is 3.71. The lowest BCUT2D eigenvalue weighted by molar-refractivity contribution is -0.0749. The van der Waals surface area contributed by atoms with E-state index in [-0.39, 0.29) is 11.6 Å². The molecule has 0 saturated heterocycles. The Labute approximate surface area is 81.0 Å². The number of hydrogen-bond donors (Lipinski definition) is 2. The molecular weight excluding hydrogens is 164 g/mol. The molecule has 0 radical (unpaired) electrons. The van der Waals surface area contributed by atoms with Gasteiger partial charge >= 0.3 is 0 Å². The highest BCUT2D eigenvalue weighted by Crippen LogP contribution is 2.36. The number of nitrogens with one attached hydrogen (secondary N) is 1. The van der Waals surface area contributed by atoms with Crippen molar-refractivity contribution in [2.75, 3.05) is 7.11 Å². The highest BCUT2D eigenvalue weighted by atomic mass is 16.5.